The second-order valence-corrected chi connectivity index (χ2v) is 9.41. The van der Waals surface area contributed by atoms with E-state index < -0.39 is 28.5 Å². The first-order valence-electron chi connectivity index (χ1n) is 8.76. The zero-order valence-electron chi connectivity index (χ0n) is 16.1. The summed E-state index contributed by atoms with van der Waals surface area (Å²) in [5.41, 5.74) is 0.372. The average Bonchev–Trinajstić information content (AvgIpc) is 2.67. The van der Waals surface area contributed by atoms with Crippen LogP contribution in [0.15, 0.2) is 48.5 Å². The Morgan fingerprint density at radius 3 is 2.28 bits per heavy atom. The maximum atomic E-state index is 14.1. The number of nitrogens with one attached hydrogen (secondary N) is 1. The van der Waals surface area contributed by atoms with Crippen molar-refractivity contribution < 1.29 is 22.0 Å². The van der Waals surface area contributed by atoms with Crippen LogP contribution in [0.1, 0.15) is 5.56 Å². The van der Waals surface area contributed by atoms with Crippen LogP contribution in [0.2, 0.25) is 0 Å². The number of hydrogen-bond acceptors (Lipinski definition) is 4. The molecule has 2 rings (SSSR count). The summed E-state index contributed by atoms with van der Waals surface area (Å²) < 4.78 is 54.4. The molecule has 0 spiro atoms. The second kappa shape index (κ2) is 10.6. The molecule has 0 bridgehead atoms. The SMILES string of the molecule is CN(C)S(=O)(=O)N(CC(=O)NCCSCc1ccccc1F)c1ccccc1F. The molecule has 0 saturated heterocycles. The van der Waals surface area contributed by atoms with Crippen molar-refractivity contribution >= 4 is 33.6 Å². The molecule has 158 valence electrons. The summed E-state index contributed by atoms with van der Waals surface area (Å²) >= 11 is 1.44. The number of nitrogens with zero attached hydrogens (tertiary/aromatic N) is 2. The standard InChI is InChI=1S/C19H23F2N3O3S2/c1-23(2)29(26,27)24(18-10-6-5-9-17(18)21)13-19(25)22-11-12-28-14-15-7-3-4-8-16(15)20/h3-10H,11-14H2,1-2H3,(H,22,25). The lowest BCUT2D eigenvalue weighted by atomic mass is 10.2. The second-order valence-electron chi connectivity index (χ2n) is 6.24. The first kappa shape index (κ1) is 23.1. The maximum Gasteiger partial charge on any atom is 0.304 e. The molecular formula is C19H23F2N3O3S2. The summed E-state index contributed by atoms with van der Waals surface area (Å²) in [5, 5.41) is 2.61. The first-order valence-corrected chi connectivity index (χ1v) is 11.3. The van der Waals surface area contributed by atoms with Gasteiger partial charge in [0.2, 0.25) is 5.91 Å². The zero-order valence-corrected chi connectivity index (χ0v) is 17.8. The molecule has 29 heavy (non-hydrogen) atoms. The van der Waals surface area contributed by atoms with Gasteiger partial charge in [0.15, 0.2) is 0 Å². The van der Waals surface area contributed by atoms with Gasteiger partial charge < -0.3 is 5.32 Å². The highest BCUT2D eigenvalue weighted by molar-refractivity contribution is 7.98. The Morgan fingerprint density at radius 1 is 1.03 bits per heavy atom. The Balaban J connectivity index is 1.93. The molecule has 0 aliphatic heterocycles. The van der Waals surface area contributed by atoms with Crippen molar-refractivity contribution in [1.29, 1.82) is 0 Å². The third-order valence-corrected chi connectivity index (χ3v) is 6.75. The highest BCUT2D eigenvalue weighted by Gasteiger charge is 2.29. The number of carbonyl (C=O) groups is 1. The monoisotopic (exact) mass is 443 g/mol. The molecule has 2 aromatic carbocycles. The van der Waals surface area contributed by atoms with E-state index in [-0.39, 0.29) is 18.0 Å². The molecule has 6 nitrogen and oxygen atoms in total. The third kappa shape index (κ3) is 6.41. The quantitative estimate of drug-likeness (QED) is 0.573. The summed E-state index contributed by atoms with van der Waals surface area (Å²) in [6.07, 6.45) is 0. The molecule has 1 N–H and O–H groups in total. The number of benzene rings is 2. The van der Waals surface area contributed by atoms with E-state index in [0.29, 0.717) is 17.1 Å². The van der Waals surface area contributed by atoms with E-state index in [1.54, 1.807) is 18.2 Å². The molecule has 0 heterocycles. The summed E-state index contributed by atoms with van der Waals surface area (Å²) in [6, 6.07) is 11.8. The van der Waals surface area contributed by atoms with E-state index in [4.69, 9.17) is 0 Å². The fourth-order valence-electron chi connectivity index (χ4n) is 2.39. The van der Waals surface area contributed by atoms with Gasteiger partial charge in [0.1, 0.15) is 18.2 Å². The number of anilines is 1. The summed E-state index contributed by atoms with van der Waals surface area (Å²) in [6.45, 7) is -0.287. The Labute approximate surface area is 174 Å². The van der Waals surface area contributed by atoms with Crippen molar-refractivity contribution in [1.82, 2.24) is 9.62 Å². The van der Waals surface area contributed by atoms with Gasteiger partial charge in [0.05, 0.1) is 5.69 Å². The molecule has 0 saturated carbocycles. The fourth-order valence-corrected chi connectivity index (χ4v) is 4.30. The van der Waals surface area contributed by atoms with Gasteiger partial charge in [-0.2, -0.15) is 24.5 Å². The van der Waals surface area contributed by atoms with Crippen molar-refractivity contribution in [2.75, 3.05) is 37.2 Å². The minimum absolute atomic E-state index is 0.203. The molecule has 0 aliphatic carbocycles. The normalized spacial score (nSPS) is 11.5. The van der Waals surface area contributed by atoms with Crippen LogP contribution < -0.4 is 9.62 Å². The van der Waals surface area contributed by atoms with Crippen LogP contribution >= 0.6 is 11.8 Å². The largest absolute Gasteiger partial charge is 0.354 e. The Bertz CT molecular complexity index is 940. The predicted octanol–water partition coefficient (Wildman–Crippen LogP) is 2.63. The zero-order chi connectivity index (χ0) is 21.4. The van der Waals surface area contributed by atoms with E-state index in [9.17, 15) is 22.0 Å². The van der Waals surface area contributed by atoms with Gasteiger partial charge in [-0.05, 0) is 23.8 Å². The lowest BCUT2D eigenvalue weighted by molar-refractivity contribution is -0.119. The lowest BCUT2D eigenvalue weighted by Gasteiger charge is -2.27. The van der Waals surface area contributed by atoms with E-state index in [0.717, 1.165) is 14.7 Å². The van der Waals surface area contributed by atoms with E-state index in [1.807, 2.05) is 0 Å². The van der Waals surface area contributed by atoms with Gasteiger partial charge >= 0.3 is 10.2 Å². The highest BCUT2D eigenvalue weighted by atomic mass is 32.2. The minimum Gasteiger partial charge on any atom is -0.354 e. The molecule has 10 heteroatoms. The van der Waals surface area contributed by atoms with Crippen molar-refractivity contribution in [3.05, 3.63) is 65.7 Å². The van der Waals surface area contributed by atoms with Crippen LogP contribution in [-0.2, 0) is 20.8 Å². The van der Waals surface area contributed by atoms with Gasteiger partial charge in [-0.3, -0.25) is 4.79 Å². The van der Waals surface area contributed by atoms with E-state index in [2.05, 4.69) is 5.32 Å². The van der Waals surface area contributed by atoms with Gasteiger partial charge in [-0.15, -0.1) is 0 Å². The Morgan fingerprint density at radius 2 is 1.66 bits per heavy atom. The van der Waals surface area contributed by atoms with Crippen LogP contribution in [0.4, 0.5) is 14.5 Å². The molecule has 1 amide bonds. The van der Waals surface area contributed by atoms with Gasteiger partial charge in [0.25, 0.3) is 0 Å². The van der Waals surface area contributed by atoms with Crippen LogP contribution in [0.3, 0.4) is 0 Å². The molecule has 0 atom stereocenters. The molecule has 2 aromatic rings. The summed E-state index contributed by atoms with van der Waals surface area (Å²) in [7, 11) is -1.45. The van der Waals surface area contributed by atoms with Crippen LogP contribution in [0.25, 0.3) is 0 Å². The maximum absolute atomic E-state index is 14.1. The number of para-hydroxylation sites is 1. The van der Waals surface area contributed by atoms with Crippen molar-refractivity contribution in [2.24, 2.45) is 0 Å². The first-order chi connectivity index (χ1) is 13.7. The molecular weight excluding hydrogens is 420 g/mol. The molecule has 0 radical (unpaired) electrons. The van der Waals surface area contributed by atoms with Crippen LogP contribution in [0.5, 0.6) is 0 Å². The van der Waals surface area contributed by atoms with Crippen LogP contribution in [0, 0.1) is 11.6 Å². The molecule has 0 unspecified atom stereocenters. The fraction of sp³-hybridized carbons (Fsp3) is 0.316. The lowest BCUT2D eigenvalue weighted by Crippen LogP contribution is -2.46. The highest BCUT2D eigenvalue weighted by Crippen LogP contribution is 2.22. The predicted molar refractivity (Wildman–Crippen MR) is 112 cm³/mol. The van der Waals surface area contributed by atoms with Crippen LogP contribution in [-0.4, -0.2) is 51.6 Å². The smallest absolute Gasteiger partial charge is 0.304 e. The molecule has 0 aromatic heterocycles. The number of carbonyl (C=O) groups excluding carboxylic acids is 1. The number of hydrogen-bond donors (Lipinski definition) is 1. The Kier molecular flexibility index (Phi) is 8.42. The van der Waals surface area contributed by atoms with E-state index >= 15 is 0 Å². The average molecular weight is 444 g/mol. The topological polar surface area (TPSA) is 69.7 Å². The third-order valence-electron chi connectivity index (χ3n) is 3.93. The summed E-state index contributed by atoms with van der Waals surface area (Å²) in [5.74, 6) is -0.617. The number of rotatable bonds is 10. The van der Waals surface area contributed by atoms with Crippen molar-refractivity contribution in [2.45, 2.75) is 5.75 Å². The number of halogens is 2. The van der Waals surface area contributed by atoms with Crippen molar-refractivity contribution in [3.8, 4) is 0 Å². The molecule has 0 aliphatic rings. The minimum atomic E-state index is -4.07. The number of amides is 1. The summed E-state index contributed by atoms with van der Waals surface area (Å²) in [4.78, 5) is 12.3. The van der Waals surface area contributed by atoms with E-state index in [1.165, 1.54) is 50.1 Å². The number of thioether (sulfide) groups is 1. The van der Waals surface area contributed by atoms with Gasteiger partial charge in [-0.1, -0.05) is 30.3 Å². The van der Waals surface area contributed by atoms with Crippen molar-refractivity contribution in [3.63, 3.8) is 0 Å². The van der Waals surface area contributed by atoms with Gasteiger partial charge in [-0.25, -0.2) is 13.1 Å². The van der Waals surface area contributed by atoms with Gasteiger partial charge in [0, 0.05) is 32.1 Å². The Hall–Kier alpha value is -2.17. The molecule has 0 fully saturated rings.